The zero-order valence-electron chi connectivity index (χ0n) is 6.58. The van der Waals surface area contributed by atoms with Gasteiger partial charge in [0.2, 0.25) is 0 Å². The molecule has 3 heteroatoms. The van der Waals surface area contributed by atoms with Crippen molar-refractivity contribution in [2.24, 2.45) is 5.73 Å². The molecule has 2 aromatic rings. The molecule has 0 aliphatic rings. The molecule has 0 aliphatic heterocycles. The lowest BCUT2D eigenvalue weighted by atomic mass is 10.2. The predicted molar refractivity (Wildman–Crippen MR) is 54.1 cm³/mol. The average Bonchev–Trinajstić information content (AvgIpc) is 2.44. The number of anilines is 1. The normalized spacial score (nSPS) is 10.8. The molecule has 0 amide bonds. The molecule has 2 rings (SSSR count). The first-order valence-corrected chi connectivity index (χ1v) is 4.60. The van der Waals surface area contributed by atoms with E-state index in [1.807, 2.05) is 18.2 Å². The Morgan fingerprint density at radius 2 is 2.00 bits per heavy atom. The number of thiophene rings is 1. The van der Waals surface area contributed by atoms with Crippen LogP contribution in [0.3, 0.4) is 0 Å². The first kappa shape index (κ1) is 7.58. The zero-order valence-corrected chi connectivity index (χ0v) is 7.40. The Labute approximate surface area is 74.8 Å². The van der Waals surface area contributed by atoms with Gasteiger partial charge in [-0.05, 0) is 6.07 Å². The van der Waals surface area contributed by atoms with E-state index < -0.39 is 0 Å². The van der Waals surface area contributed by atoms with Crippen LogP contribution in [0.25, 0.3) is 10.1 Å². The number of nitrogen functional groups attached to an aromatic ring is 1. The first-order chi connectivity index (χ1) is 5.83. The maximum Gasteiger partial charge on any atom is 0.0548 e. The number of fused-ring (bicyclic) bond motifs is 1. The van der Waals surface area contributed by atoms with Crippen molar-refractivity contribution in [3.63, 3.8) is 0 Å². The summed E-state index contributed by atoms with van der Waals surface area (Å²) in [5.41, 5.74) is 12.3. The van der Waals surface area contributed by atoms with Gasteiger partial charge in [-0.3, -0.25) is 0 Å². The molecule has 0 spiro atoms. The molecular weight excluding hydrogens is 168 g/mol. The molecule has 0 radical (unpaired) electrons. The lowest BCUT2D eigenvalue weighted by Gasteiger charge is -1.91. The van der Waals surface area contributed by atoms with Gasteiger partial charge in [-0.1, -0.05) is 18.2 Å². The minimum atomic E-state index is 0.533. The monoisotopic (exact) mass is 178 g/mol. The number of rotatable bonds is 1. The van der Waals surface area contributed by atoms with Gasteiger partial charge in [-0.15, -0.1) is 11.3 Å². The second-order valence-corrected chi connectivity index (χ2v) is 3.78. The van der Waals surface area contributed by atoms with Crippen LogP contribution in [0.1, 0.15) is 4.88 Å². The third-order valence-electron chi connectivity index (χ3n) is 1.90. The Balaban J connectivity index is 2.78. The van der Waals surface area contributed by atoms with E-state index in [-0.39, 0.29) is 0 Å². The molecule has 62 valence electrons. The van der Waals surface area contributed by atoms with Crippen molar-refractivity contribution in [1.29, 1.82) is 0 Å². The summed E-state index contributed by atoms with van der Waals surface area (Å²) in [5.74, 6) is 0. The zero-order chi connectivity index (χ0) is 8.55. The minimum absolute atomic E-state index is 0.533. The summed E-state index contributed by atoms with van der Waals surface area (Å²) in [6.45, 7) is 0.533. The van der Waals surface area contributed by atoms with Crippen LogP contribution in [0.2, 0.25) is 0 Å². The Kier molecular flexibility index (Phi) is 1.75. The SMILES string of the molecule is NCc1sc2ccccc2c1N. The van der Waals surface area contributed by atoms with Crippen LogP contribution in [-0.4, -0.2) is 0 Å². The van der Waals surface area contributed by atoms with Crippen LogP contribution in [-0.2, 0) is 6.54 Å². The van der Waals surface area contributed by atoms with Gasteiger partial charge in [-0.2, -0.15) is 0 Å². The summed E-state index contributed by atoms with van der Waals surface area (Å²) in [6.07, 6.45) is 0. The lowest BCUT2D eigenvalue weighted by Crippen LogP contribution is -1.96. The summed E-state index contributed by atoms with van der Waals surface area (Å²) in [4.78, 5) is 1.08. The van der Waals surface area contributed by atoms with E-state index >= 15 is 0 Å². The molecule has 0 fully saturated rings. The molecule has 0 bridgehead atoms. The molecule has 4 N–H and O–H groups in total. The van der Waals surface area contributed by atoms with E-state index in [9.17, 15) is 0 Å². The van der Waals surface area contributed by atoms with E-state index in [2.05, 4.69) is 6.07 Å². The molecule has 0 saturated carbocycles. The Morgan fingerprint density at radius 3 is 2.67 bits per heavy atom. The van der Waals surface area contributed by atoms with Crippen molar-refractivity contribution < 1.29 is 0 Å². The third-order valence-corrected chi connectivity index (χ3v) is 3.11. The largest absolute Gasteiger partial charge is 0.397 e. The summed E-state index contributed by atoms with van der Waals surface area (Å²) in [5, 5.41) is 1.13. The fourth-order valence-electron chi connectivity index (χ4n) is 1.27. The summed E-state index contributed by atoms with van der Waals surface area (Å²) >= 11 is 1.67. The standard InChI is InChI=1S/C9H10N2S/c10-5-8-9(11)6-3-1-2-4-7(6)12-8/h1-4H,5,10-11H2. The Hall–Kier alpha value is -1.06. The number of benzene rings is 1. The smallest absolute Gasteiger partial charge is 0.0548 e. The third kappa shape index (κ3) is 0.983. The van der Waals surface area contributed by atoms with Crippen LogP contribution < -0.4 is 11.5 Å². The molecule has 1 aromatic carbocycles. The summed E-state index contributed by atoms with van der Waals surface area (Å²) < 4.78 is 1.22. The quantitative estimate of drug-likeness (QED) is 0.701. The van der Waals surface area contributed by atoms with Crippen LogP contribution in [0.4, 0.5) is 5.69 Å². The Bertz CT molecular complexity index is 406. The molecule has 1 aromatic heterocycles. The van der Waals surface area contributed by atoms with Crippen molar-refractivity contribution in [3.05, 3.63) is 29.1 Å². The second kappa shape index (κ2) is 2.77. The summed E-state index contributed by atoms with van der Waals surface area (Å²) in [7, 11) is 0. The van der Waals surface area contributed by atoms with E-state index in [0.717, 1.165) is 16.0 Å². The topological polar surface area (TPSA) is 52.0 Å². The minimum Gasteiger partial charge on any atom is -0.397 e. The number of hydrogen-bond donors (Lipinski definition) is 2. The molecule has 0 unspecified atom stereocenters. The lowest BCUT2D eigenvalue weighted by molar-refractivity contribution is 1.11. The van der Waals surface area contributed by atoms with Crippen LogP contribution >= 0.6 is 11.3 Å². The average molecular weight is 178 g/mol. The molecular formula is C9H10N2S. The number of hydrogen-bond acceptors (Lipinski definition) is 3. The maximum atomic E-state index is 5.88. The second-order valence-electron chi connectivity index (χ2n) is 2.64. The van der Waals surface area contributed by atoms with Gasteiger partial charge < -0.3 is 11.5 Å². The molecule has 0 saturated heterocycles. The number of nitrogens with two attached hydrogens (primary N) is 2. The van der Waals surface area contributed by atoms with Crippen LogP contribution in [0, 0.1) is 0 Å². The molecule has 12 heavy (non-hydrogen) atoms. The first-order valence-electron chi connectivity index (χ1n) is 3.79. The van der Waals surface area contributed by atoms with Gasteiger partial charge in [0.25, 0.3) is 0 Å². The van der Waals surface area contributed by atoms with Crippen LogP contribution in [0.5, 0.6) is 0 Å². The van der Waals surface area contributed by atoms with E-state index in [0.29, 0.717) is 6.54 Å². The highest BCUT2D eigenvalue weighted by molar-refractivity contribution is 7.19. The van der Waals surface area contributed by atoms with Crippen molar-refractivity contribution in [2.45, 2.75) is 6.54 Å². The molecule has 2 nitrogen and oxygen atoms in total. The highest BCUT2D eigenvalue weighted by Gasteiger charge is 2.05. The van der Waals surface area contributed by atoms with Crippen molar-refractivity contribution in [3.8, 4) is 0 Å². The van der Waals surface area contributed by atoms with Crippen molar-refractivity contribution in [1.82, 2.24) is 0 Å². The van der Waals surface area contributed by atoms with Gasteiger partial charge in [0.05, 0.1) is 5.69 Å². The van der Waals surface area contributed by atoms with E-state index in [1.54, 1.807) is 11.3 Å². The van der Waals surface area contributed by atoms with E-state index in [4.69, 9.17) is 11.5 Å². The highest BCUT2D eigenvalue weighted by atomic mass is 32.1. The van der Waals surface area contributed by atoms with Crippen molar-refractivity contribution in [2.75, 3.05) is 5.73 Å². The highest BCUT2D eigenvalue weighted by Crippen LogP contribution is 2.32. The molecule has 0 aliphatic carbocycles. The fraction of sp³-hybridized carbons (Fsp3) is 0.111. The predicted octanol–water partition coefficient (Wildman–Crippen LogP) is 1.94. The van der Waals surface area contributed by atoms with Gasteiger partial charge in [0, 0.05) is 21.5 Å². The van der Waals surface area contributed by atoms with Gasteiger partial charge in [0.15, 0.2) is 0 Å². The fourth-order valence-corrected chi connectivity index (χ4v) is 2.27. The van der Waals surface area contributed by atoms with Gasteiger partial charge >= 0.3 is 0 Å². The Morgan fingerprint density at radius 1 is 1.25 bits per heavy atom. The molecule has 0 atom stereocenters. The summed E-state index contributed by atoms with van der Waals surface area (Å²) in [6, 6.07) is 8.10. The van der Waals surface area contributed by atoms with Crippen molar-refractivity contribution >= 4 is 27.1 Å². The van der Waals surface area contributed by atoms with Gasteiger partial charge in [-0.25, -0.2) is 0 Å². The van der Waals surface area contributed by atoms with E-state index in [1.165, 1.54) is 4.70 Å². The maximum absolute atomic E-state index is 5.88. The van der Waals surface area contributed by atoms with Crippen LogP contribution in [0.15, 0.2) is 24.3 Å². The molecule has 1 heterocycles. The van der Waals surface area contributed by atoms with Gasteiger partial charge in [0.1, 0.15) is 0 Å².